The van der Waals surface area contributed by atoms with E-state index in [-0.39, 0.29) is 42.1 Å². The zero-order chi connectivity index (χ0) is 31.2. The van der Waals surface area contributed by atoms with Gasteiger partial charge in [-0.2, -0.15) is 0 Å². The van der Waals surface area contributed by atoms with Gasteiger partial charge in [-0.25, -0.2) is 0 Å². The lowest BCUT2D eigenvalue weighted by atomic mass is 9.78. The Morgan fingerprint density at radius 3 is 2.07 bits per heavy atom. The van der Waals surface area contributed by atoms with Crippen molar-refractivity contribution in [2.45, 2.75) is 54.5 Å². The summed E-state index contributed by atoms with van der Waals surface area (Å²) in [7, 11) is 0. The molecule has 0 saturated heterocycles. The smallest absolute Gasteiger partial charge is 0.228 e. The Balaban J connectivity index is 1.84. The average Bonchev–Trinajstić information content (AvgIpc) is 2.94. The van der Waals surface area contributed by atoms with Crippen LogP contribution in [0.5, 0.6) is 11.5 Å². The lowest BCUT2D eigenvalue weighted by Gasteiger charge is -2.24. The van der Waals surface area contributed by atoms with Crippen molar-refractivity contribution in [1.82, 2.24) is 10.3 Å². The summed E-state index contributed by atoms with van der Waals surface area (Å²) in [5.41, 5.74) is -1.15. The number of benzene rings is 2. The van der Waals surface area contributed by atoms with E-state index in [0.29, 0.717) is 12.2 Å². The summed E-state index contributed by atoms with van der Waals surface area (Å²) in [6.45, 7) is 9.99. The Kier molecular flexibility index (Phi) is 10.0. The van der Waals surface area contributed by atoms with Gasteiger partial charge in [0.25, 0.3) is 0 Å². The highest BCUT2D eigenvalue weighted by atomic mass is 16.3. The van der Waals surface area contributed by atoms with Crippen LogP contribution in [-0.4, -0.2) is 51.5 Å². The Morgan fingerprint density at radius 2 is 1.50 bits per heavy atom. The predicted octanol–water partition coefficient (Wildman–Crippen LogP) is 5.35. The number of aromatic nitrogens is 1. The van der Waals surface area contributed by atoms with E-state index in [1.165, 1.54) is 0 Å². The molecule has 9 nitrogen and oxygen atoms in total. The van der Waals surface area contributed by atoms with Gasteiger partial charge in [-0.05, 0) is 23.8 Å². The molecule has 1 heterocycles. The molecule has 42 heavy (non-hydrogen) atoms. The molecule has 0 spiro atoms. The fraction of sp³-hybridized carbons (Fsp3) is 0.364. The summed E-state index contributed by atoms with van der Waals surface area (Å²) in [4.78, 5) is 59.3. The normalized spacial score (nSPS) is 11.7. The first-order valence-electron chi connectivity index (χ1n) is 13.8. The van der Waals surface area contributed by atoms with E-state index in [2.05, 4.69) is 10.3 Å². The number of Topliss-reactive ketones (excluding diaryl/α,β-unsaturated/α-hetero) is 3. The van der Waals surface area contributed by atoms with Gasteiger partial charge in [-0.3, -0.25) is 24.2 Å². The van der Waals surface area contributed by atoms with E-state index in [0.717, 1.165) is 11.6 Å². The molecule has 1 amide bonds. The Labute approximate surface area is 246 Å². The topological polar surface area (TPSA) is 137 Å². The number of phenolic OH excluding ortho intramolecular Hbond substituents is 2. The molecule has 3 rings (SSSR count). The summed E-state index contributed by atoms with van der Waals surface area (Å²) in [6, 6.07) is 14.1. The molecule has 3 aromatic rings. The number of aromatic hydroxyl groups is 2. The van der Waals surface area contributed by atoms with Crippen molar-refractivity contribution in [2.24, 2.45) is 10.8 Å². The van der Waals surface area contributed by atoms with Crippen LogP contribution in [0.25, 0.3) is 0 Å². The molecular weight excluding hydrogens is 534 g/mol. The molecule has 1 aromatic heterocycles. The molecule has 0 aliphatic rings. The minimum absolute atomic E-state index is 0.0530. The zero-order valence-electron chi connectivity index (χ0n) is 25.0. The molecule has 0 aliphatic carbocycles. The number of rotatable bonds is 11. The second kappa shape index (κ2) is 13.1. The van der Waals surface area contributed by atoms with Crippen molar-refractivity contribution < 1.29 is 29.4 Å². The van der Waals surface area contributed by atoms with E-state index in [9.17, 15) is 29.4 Å². The lowest BCUT2D eigenvalue weighted by Crippen LogP contribution is -2.35. The van der Waals surface area contributed by atoms with E-state index < -0.39 is 39.7 Å². The second-order valence-corrected chi connectivity index (χ2v) is 12.2. The van der Waals surface area contributed by atoms with Crippen molar-refractivity contribution in [1.29, 1.82) is 0 Å². The first-order chi connectivity index (χ1) is 19.6. The number of amides is 1. The highest BCUT2D eigenvalue weighted by molar-refractivity contribution is 6.19. The third-order valence-electron chi connectivity index (χ3n) is 6.64. The fourth-order valence-electron chi connectivity index (χ4n) is 4.35. The Bertz CT molecular complexity index is 1460. The maximum atomic E-state index is 13.6. The number of nitrogens with zero attached hydrogens (tertiary/aromatic N) is 2. The minimum atomic E-state index is -1.02. The number of ketones is 3. The molecule has 0 atom stereocenters. The van der Waals surface area contributed by atoms with Crippen LogP contribution in [0.3, 0.4) is 0 Å². The highest BCUT2D eigenvalue weighted by Crippen LogP contribution is 2.40. The number of pyridine rings is 1. The van der Waals surface area contributed by atoms with Gasteiger partial charge in [-0.1, -0.05) is 71.9 Å². The third kappa shape index (κ3) is 7.67. The van der Waals surface area contributed by atoms with Crippen molar-refractivity contribution in [3.63, 3.8) is 0 Å². The maximum Gasteiger partial charge on any atom is 0.228 e. The van der Waals surface area contributed by atoms with Crippen LogP contribution in [-0.2, 0) is 11.3 Å². The van der Waals surface area contributed by atoms with Crippen molar-refractivity contribution in [3.05, 3.63) is 83.2 Å². The quantitative estimate of drug-likeness (QED) is 0.159. The van der Waals surface area contributed by atoms with Gasteiger partial charge in [0.15, 0.2) is 28.8 Å². The number of nitrogens with one attached hydrogen (secondary N) is 1. The average molecular weight is 574 g/mol. The molecule has 0 bridgehead atoms. The molecule has 222 valence electrons. The summed E-state index contributed by atoms with van der Waals surface area (Å²) >= 11 is 0. The van der Waals surface area contributed by atoms with Gasteiger partial charge in [0.05, 0.1) is 30.5 Å². The molecule has 0 aliphatic heterocycles. The Morgan fingerprint density at radius 1 is 0.857 bits per heavy atom. The SMILES string of the molecule is CC(C)(C)C(=O)c1cc(O)c(O)c(C(=O)C(C)(C)C)c1C(=O)CNCCC(=O)N(Cc1ccccc1)c1cccnc1. The van der Waals surface area contributed by atoms with Crippen LogP contribution in [0.4, 0.5) is 5.69 Å². The molecule has 0 fully saturated rings. The van der Waals surface area contributed by atoms with Crippen LogP contribution in [0.1, 0.15) is 84.6 Å². The lowest BCUT2D eigenvalue weighted by molar-refractivity contribution is -0.118. The summed E-state index contributed by atoms with van der Waals surface area (Å²) in [5.74, 6) is -3.27. The summed E-state index contributed by atoms with van der Waals surface area (Å²) < 4.78 is 0. The number of anilines is 1. The number of carbonyl (C=O) groups excluding carboxylic acids is 4. The standard InChI is InChI=1S/C33H39N3O6/c1-32(2,3)30(41)23-17-24(37)29(40)28(31(42)33(4,5)6)27(23)25(38)19-35-16-14-26(39)36(22-13-10-15-34-18-22)20-21-11-8-7-9-12-21/h7-13,15,17-18,35,37,40H,14,16,19-20H2,1-6H3. The van der Waals surface area contributed by atoms with Gasteiger partial charge in [0, 0.05) is 41.1 Å². The number of phenols is 2. The van der Waals surface area contributed by atoms with Gasteiger partial charge >= 0.3 is 0 Å². The van der Waals surface area contributed by atoms with Gasteiger partial charge in [-0.15, -0.1) is 0 Å². The number of carbonyl (C=O) groups is 4. The van der Waals surface area contributed by atoms with E-state index in [1.54, 1.807) is 71.0 Å². The highest BCUT2D eigenvalue weighted by Gasteiger charge is 2.36. The molecule has 0 radical (unpaired) electrons. The van der Waals surface area contributed by atoms with E-state index in [4.69, 9.17) is 0 Å². The first-order valence-corrected chi connectivity index (χ1v) is 13.8. The molecule has 3 N–H and O–H groups in total. The van der Waals surface area contributed by atoms with Gasteiger partial charge in [0.2, 0.25) is 5.91 Å². The van der Waals surface area contributed by atoms with Crippen LogP contribution >= 0.6 is 0 Å². The van der Waals surface area contributed by atoms with Gasteiger partial charge < -0.3 is 20.4 Å². The molecule has 2 aromatic carbocycles. The molecule has 9 heteroatoms. The van der Waals surface area contributed by atoms with Crippen molar-refractivity contribution in [2.75, 3.05) is 18.0 Å². The largest absolute Gasteiger partial charge is 0.504 e. The van der Waals surface area contributed by atoms with Crippen molar-refractivity contribution >= 4 is 28.9 Å². The molecule has 0 saturated carbocycles. The van der Waals surface area contributed by atoms with Gasteiger partial charge in [0.1, 0.15) is 0 Å². The monoisotopic (exact) mass is 573 g/mol. The minimum Gasteiger partial charge on any atom is -0.504 e. The van der Waals surface area contributed by atoms with Crippen LogP contribution < -0.4 is 10.2 Å². The summed E-state index contributed by atoms with van der Waals surface area (Å²) in [5, 5.41) is 24.1. The Hall–Kier alpha value is -4.37. The first kappa shape index (κ1) is 32.1. The second-order valence-electron chi connectivity index (χ2n) is 12.2. The zero-order valence-corrected chi connectivity index (χ0v) is 25.0. The van der Waals surface area contributed by atoms with Crippen molar-refractivity contribution in [3.8, 4) is 11.5 Å². The van der Waals surface area contributed by atoms with Crippen LogP contribution in [0.2, 0.25) is 0 Å². The number of hydrogen-bond donors (Lipinski definition) is 3. The molecular formula is C33H39N3O6. The number of hydrogen-bond acceptors (Lipinski definition) is 8. The fourth-order valence-corrected chi connectivity index (χ4v) is 4.35. The van der Waals surface area contributed by atoms with Crippen LogP contribution in [0, 0.1) is 10.8 Å². The van der Waals surface area contributed by atoms with E-state index in [1.807, 2.05) is 30.3 Å². The molecule has 0 unspecified atom stereocenters. The maximum absolute atomic E-state index is 13.6. The van der Waals surface area contributed by atoms with E-state index >= 15 is 0 Å². The third-order valence-corrected chi connectivity index (χ3v) is 6.64. The summed E-state index contributed by atoms with van der Waals surface area (Å²) in [6.07, 6.45) is 3.29. The van der Waals surface area contributed by atoms with Crippen LogP contribution in [0.15, 0.2) is 60.9 Å². The predicted molar refractivity (Wildman–Crippen MR) is 161 cm³/mol.